The van der Waals surface area contributed by atoms with Gasteiger partial charge in [-0.1, -0.05) is 42.0 Å². The smallest absolute Gasteiger partial charge is 0.0500 e. The van der Waals surface area contributed by atoms with Crippen LogP contribution in [-0.4, -0.2) is 0 Å². The Labute approximate surface area is 61.7 Å². The largest absolute Gasteiger partial charge is 0.124 e. The Balaban J connectivity index is -0.0000000221. The van der Waals surface area contributed by atoms with Crippen LogP contribution in [0.1, 0.15) is 42.0 Å². The molecule has 0 aromatic heterocycles. The Bertz CT molecular complexity index is 21.5. The second kappa shape index (κ2) is 49.6. The highest BCUT2D eigenvalue weighted by Gasteiger charge is 1.68. The van der Waals surface area contributed by atoms with Crippen molar-refractivity contribution in [2.45, 2.75) is 42.0 Å². The molecule has 0 N–H and O–H groups in total. The van der Waals surface area contributed by atoms with Crippen LogP contribution in [0, 0.1) is 18.8 Å². The molecule has 0 rings (SSSR count). The summed E-state index contributed by atoms with van der Waals surface area (Å²) in [6.45, 7) is 10.5. The quantitative estimate of drug-likeness (QED) is 0.440. The van der Waals surface area contributed by atoms with E-state index in [0.717, 1.165) is 5.92 Å². The third-order valence-electron chi connectivity index (χ3n) is 0. The van der Waals surface area contributed by atoms with E-state index >= 15 is 0 Å². The molecule has 58 valence electrons. The van der Waals surface area contributed by atoms with Gasteiger partial charge in [0.05, 0.1) is 0 Å². The Kier molecular flexibility index (Phi) is 130. The van der Waals surface area contributed by atoms with Crippen LogP contribution in [0.4, 0.5) is 0 Å². The highest BCUT2D eigenvalue weighted by Crippen LogP contribution is 1.81. The van der Waals surface area contributed by atoms with E-state index in [4.69, 9.17) is 0 Å². The molecule has 0 fully saturated rings. The lowest BCUT2D eigenvalue weighted by molar-refractivity contribution is 0.737. The second-order valence-corrected chi connectivity index (χ2v) is 1.73. The van der Waals surface area contributed by atoms with Crippen molar-refractivity contribution in [1.82, 2.24) is 0 Å². The highest BCUT2D eigenvalue weighted by molar-refractivity contribution is 4.47. The topological polar surface area (TPSA) is 0 Å². The molecular weight excluding hydrogens is 108 g/mol. The molecule has 0 aliphatic heterocycles. The van der Waals surface area contributed by atoms with E-state index in [0.29, 0.717) is 0 Å². The second-order valence-electron chi connectivity index (χ2n) is 1.73. The van der Waals surface area contributed by atoms with Crippen molar-refractivity contribution in [2.75, 3.05) is 0 Å². The van der Waals surface area contributed by atoms with Gasteiger partial charge in [-0.2, -0.15) is 0 Å². The van der Waals surface area contributed by atoms with E-state index < -0.39 is 0 Å². The molecule has 0 saturated heterocycles. The third kappa shape index (κ3) is 1210. The lowest BCUT2D eigenvalue weighted by atomic mass is 10.3. The van der Waals surface area contributed by atoms with Gasteiger partial charge < -0.3 is 0 Å². The molecule has 0 aliphatic carbocycles. The molecule has 0 amide bonds. The van der Waals surface area contributed by atoms with Gasteiger partial charge in [-0.3, -0.25) is 0 Å². The highest BCUT2D eigenvalue weighted by atomic mass is 13.7. The SMILES string of the molecule is C.C#C.CC.CC(C)C. The van der Waals surface area contributed by atoms with Gasteiger partial charge in [0.25, 0.3) is 0 Å². The van der Waals surface area contributed by atoms with Gasteiger partial charge in [0.15, 0.2) is 0 Å². The van der Waals surface area contributed by atoms with Crippen LogP contribution in [0.2, 0.25) is 0 Å². The van der Waals surface area contributed by atoms with Gasteiger partial charge in [0.1, 0.15) is 0 Å². The maximum absolute atomic E-state index is 4.00. The predicted octanol–water partition coefficient (Wildman–Crippen LogP) is 3.57. The molecule has 0 aliphatic rings. The van der Waals surface area contributed by atoms with Crippen molar-refractivity contribution in [2.24, 2.45) is 5.92 Å². The first-order valence-electron chi connectivity index (χ1n) is 3.07. The van der Waals surface area contributed by atoms with Crippen molar-refractivity contribution in [3.8, 4) is 12.8 Å². The standard InChI is InChI=1S/C4H10.C2H6.C2H2.CH4/c1-4(2)3;2*1-2;/h4H,1-3H3;1-2H3;1-2H;1H4. The van der Waals surface area contributed by atoms with Crippen molar-refractivity contribution in [3.63, 3.8) is 0 Å². The minimum absolute atomic E-state index is 0. The average Bonchev–Trinajstić information content (AvgIpc) is 1.75. The summed E-state index contributed by atoms with van der Waals surface area (Å²) >= 11 is 0. The minimum Gasteiger partial charge on any atom is -0.124 e. The monoisotopic (exact) mass is 130 g/mol. The number of rotatable bonds is 0. The zero-order valence-corrected chi connectivity index (χ0v) is 6.73. The molecule has 0 nitrogen and oxygen atoms in total. The summed E-state index contributed by atoms with van der Waals surface area (Å²) < 4.78 is 0. The summed E-state index contributed by atoms with van der Waals surface area (Å²) in [5, 5.41) is 0. The summed E-state index contributed by atoms with van der Waals surface area (Å²) in [6, 6.07) is 0. The number of hydrogen-bond acceptors (Lipinski definition) is 0. The zero-order valence-electron chi connectivity index (χ0n) is 6.73. The van der Waals surface area contributed by atoms with Crippen molar-refractivity contribution in [1.29, 1.82) is 0 Å². The van der Waals surface area contributed by atoms with E-state index in [2.05, 4.69) is 33.6 Å². The van der Waals surface area contributed by atoms with Crippen LogP contribution >= 0.6 is 0 Å². The lowest BCUT2D eigenvalue weighted by Crippen LogP contribution is -1.66. The molecule has 0 aromatic carbocycles. The first-order chi connectivity index (χ1) is 3.73. The first-order valence-corrected chi connectivity index (χ1v) is 3.07. The summed E-state index contributed by atoms with van der Waals surface area (Å²) in [4.78, 5) is 0. The van der Waals surface area contributed by atoms with E-state index in [1.165, 1.54) is 0 Å². The summed E-state index contributed by atoms with van der Waals surface area (Å²) in [5.74, 6) is 0.833. The van der Waals surface area contributed by atoms with E-state index in [1.54, 1.807) is 0 Å². The van der Waals surface area contributed by atoms with Gasteiger partial charge in [0.2, 0.25) is 0 Å². The van der Waals surface area contributed by atoms with Crippen LogP contribution in [-0.2, 0) is 0 Å². The normalized spacial score (nSPS) is 4.89. The Morgan fingerprint density at radius 2 is 0.889 bits per heavy atom. The molecule has 0 heteroatoms. The Morgan fingerprint density at radius 3 is 0.889 bits per heavy atom. The predicted molar refractivity (Wildman–Crippen MR) is 48.5 cm³/mol. The molecule has 9 heavy (non-hydrogen) atoms. The minimum atomic E-state index is 0. The summed E-state index contributed by atoms with van der Waals surface area (Å²) in [5.41, 5.74) is 0. The fraction of sp³-hybridized carbons (Fsp3) is 0.778. The molecule has 0 radical (unpaired) electrons. The Hall–Kier alpha value is -0.440. The van der Waals surface area contributed by atoms with E-state index in [1.807, 2.05) is 13.8 Å². The maximum atomic E-state index is 4.00. The number of hydrogen-bond donors (Lipinski definition) is 0. The first kappa shape index (κ1) is 23.5. The average molecular weight is 130 g/mol. The van der Waals surface area contributed by atoms with Crippen LogP contribution in [0.15, 0.2) is 0 Å². The fourth-order valence-electron chi connectivity index (χ4n) is 0. The van der Waals surface area contributed by atoms with Crippen molar-refractivity contribution < 1.29 is 0 Å². The van der Waals surface area contributed by atoms with Crippen LogP contribution in [0.25, 0.3) is 0 Å². The van der Waals surface area contributed by atoms with Gasteiger partial charge in [0, 0.05) is 0 Å². The lowest BCUT2D eigenvalue weighted by Gasteiger charge is -1.79. The third-order valence-corrected chi connectivity index (χ3v) is 0. The van der Waals surface area contributed by atoms with Gasteiger partial charge >= 0.3 is 0 Å². The van der Waals surface area contributed by atoms with Gasteiger partial charge in [-0.05, 0) is 5.92 Å². The van der Waals surface area contributed by atoms with Crippen LogP contribution in [0.3, 0.4) is 0 Å². The zero-order chi connectivity index (χ0) is 7.58. The maximum Gasteiger partial charge on any atom is -0.0500 e. The molecular formula is C9H22. The molecule has 0 unspecified atom stereocenters. The van der Waals surface area contributed by atoms with Gasteiger partial charge in [-0.25, -0.2) is 0 Å². The van der Waals surface area contributed by atoms with Gasteiger partial charge in [-0.15, -0.1) is 12.8 Å². The molecule has 0 atom stereocenters. The molecule has 0 saturated carbocycles. The van der Waals surface area contributed by atoms with E-state index in [-0.39, 0.29) is 7.43 Å². The van der Waals surface area contributed by atoms with Crippen molar-refractivity contribution >= 4 is 0 Å². The van der Waals surface area contributed by atoms with Crippen LogP contribution in [0.5, 0.6) is 0 Å². The van der Waals surface area contributed by atoms with Crippen LogP contribution < -0.4 is 0 Å². The summed E-state index contributed by atoms with van der Waals surface area (Å²) in [6.07, 6.45) is 8.00. The number of terminal acetylenes is 1. The Morgan fingerprint density at radius 1 is 0.889 bits per heavy atom. The van der Waals surface area contributed by atoms with Crippen molar-refractivity contribution in [3.05, 3.63) is 0 Å². The fourth-order valence-corrected chi connectivity index (χ4v) is 0. The molecule has 0 bridgehead atoms. The molecule has 0 heterocycles. The molecule has 0 spiro atoms. The summed E-state index contributed by atoms with van der Waals surface area (Å²) in [7, 11) is 0. The van der Waals surface area contributed by atoms with E-state index in [9.17, 15) is 0 Å². The molecule has 0 aromatic rings.